The van der Waals surface area contributed by atoms with Gasteiger partial charge in [0.15, 0.2) is 0 Å². The molecule has 3 nitrogen and oxygen atoms in total. The van der Waals surface area contributed by atoms with Crippen molar-refractivity contribution < 1.29 is 9.18 Å². The van der Waals surface area contributed by atoms with Crippen molar-refractivity contribution in [3.8, 4) is 0 Å². The summed E-state index contributed by atoms with van der Waals surface area (Å²) in [6.07, 6.45) is 3.76. The molecule has 0 bridgehead atoms. The summed E-state index contributed by atoms with van der Waals surface area (Å²) in [5, 5.41) is 6.40. The lowest BCUT2D eigenvalue weighted by molar-refractivity contribution is -0.124. The van der Waals surface area contributed by atoms with Crippen LogP contribution in [0.3, 0.4) is 0 Å². The Hall–Kier alpha value is -1.13. The number of hydrogen-bond acceptors (Lipinski definition) is 2. The standard InChI is InChI=1S/C15H19FN2O.ClH/c16-12-4-1-3-11(9-12)15(6-7-15)14(19)18-13-5-2-8-17-10-13;/h1,3-4,9,13,17H,2,5-8,10H2,(H,18,19);1H/t13-;/m0./s1. The maximum atomic E-state index is 13.3. The molecular formula is C15H20ClFN2O. The molecule has 0 unspecified atom stereocenters. The van der Waals surface area contributed by atoms with E-state index in [0.29, 0.717) is 0 Å². The summed E-state index contributed by atoms with van der Waals surface area (Å²) in [5.74, 6) is -0.206. The largest absolute Gasteiger partial charge is 0.351 e. The SMILES string of the molecule is Cl.O=C(N[C@H]1CCCNC1)C1(c2cccc(F)c2)CC1. The zero-order valence-corrected chi connectivity index (χ0v) is 12.1. The van der Waals surface area contributed by atoms with E-state index in [9.17, 15) is 9.18 Å². The normalized spacial score (nSPS) is 23.6. The van der Waals surface area contributed by atoms with Crippen molar-refractivity contribution in [3.05, 3.63) is 35.6 Å². The highest BCUT2D eigenvalue weighted by molar-refractivity contribution is 5.91. The van der Waals surface area contributed by atoms with E-state index < -0.39 is 5.41 Å². The first kappa shape index (κ1) is 15.3. The molecule has 1 heterocycles. The molecule has 1 aromatic carbocycles. The number of hydrogen-bond donors (Lipinski definition) is 2. The summed E-state index contributed by atoms with van der Waals surface area (Å²) in [6.45, 7) is 1.87. The maximum Gasteiger partial charge on any atom is 0.230 e. The maximum absolute atomic E-state index is 13.3. The van der Waals surface area contributed by atoms with Crippen LogP contribution in [-0.2, 0) is 10.2 Å². The Balaban J connectivity index is 0.00000147. The van der Waals surface area contributed by atoms with Gasteiger partial charge < -0.3 is 10.6 Å². The Morgan fingerprint density at radius 1 is 1.40 bits per heavy atom. The van der Waals surface area contributed by atoms with Crippen LogP contribution in [0.4, 0.5) is 4.39 Å². The van der Waals surface area contributed by atoms with Gasteiger partial charge in [0.2, 0.25) is 5.91 Å². The fraction of sp³-hybridized carbons (Fsp3) is 0.533. The number of halogens is 2. The van der Waals surface area contributed by atoms with Crippen molar-refractivity contribution in [2.75, 3.05) is 13.1 Å². The molecule has 110 valence electrons. The molecule has 1 aliphatic carbocycles. The predicted molar refractivity (Wildman–Crippen MR) is 78.6 cm³/mol. The average Bonchev–Trinajstić information content (AvgIpc) is 3.21. The van der Waals surface area contributed by atoms with Crippen molar-refractivity contribution in [1.29, 1.82) is 0 Å². The zero-order valence-electron chi connectivity index (χ0n) is 11.3. The summed E-state index contributed by atoms with van der Waals surface area (Å²) < 4.78 is 13.3. The van der Waals surface area contributed by atoms with Crippen LogP contribution in [0, 0.1) is 5.82 Å². The van der Waals surface area contributed by atoms with Crippen LogP contribution >= 0.6 is 12.4 Å². The van der Waals surface area contributed by atoms with Gasteiger partial charge >= 0.3 is 0 Å². The number of benzene rings is 1. The predicted octanol–water partition coefficient (Wildman–Crippen LogP) is 2.15. The van der Waals surface area contributed by atoms with Crippen molar-refractivity contribution in [2.45, 2.75) is 37.1 Å². The Morgan fingerprint density at radius 3 is 2.80 bits per heavy atom. The first-order valence-corrected chi connectivity index (χ1v) is 6.98. The molecular weight excluding hydrogens is 279 g/mol. The van der Waals surface area contributed by atoms with Gasteiger partial charge in [-0.25, -0.2) is 4.39 Å². The second-order valence-corrected chi connectivity index (χ2v) is 5.61. The summed E-state index contributed by atoms with van der Waals surface area (Å²) in [5.41, 5.74) is 0.341. The van der Waals surface area contributed by atoms with Gasteiger partial charge in [-0.1, -0.05) is 12.1 Å². The summed E-state index contributed by atoms with van der Waals surface area (Å²) in [6, 6.07) is 6.66. The highest BCUT2D eigenvalue weighted by Crippen LogP contribution is 2.48. The van der Waals surface area contributed by atoms with Gasteiger partial charge in [0.05, 0.1) is 5.41 Å². The van der Waals surface area contributed by atoms with Gasteiger partial charge in [-0.2, -0.15) is 0 Å². The quantitative estimate of drug-likeness (QED) is 0.898. The monoisotopic (exact) mass is 298 g/mol. The van der Waals surface area contributed by atoms with Crippen LogP contribution < -0.4 is 10.6 Å². The fourth-order valence-corrected chi connectivity index (χ4v) is 2.86. The van der Waals surface area contributed by atoms with E-state index in [-0.39, 0.29) is 30.2 Å². The highest BCUT2D eigenvalue weighted by Gasteiger charge is 2.51. The molecule has 1 aliphatic heterocycles. The summed E-state index contributed by atoms with van der Waals surface area (Å²) in [4.78, 5) is 12.4. The third-order valence-corrected chi connectivity index (χ3v) is 4.19. The average molecular weight is 299 g/mol. The summed E-state index contributed by atoms with van der Waals surface area (Å²) in [7, 11) is 0. The number of amides is 1. The second kappa shape index (κ2) is 6.10. The lowest BCUT2D eigenvalue weighted by atomic mass is 9.94. The third kappa shape index (κ3) is 2.96. The molecule has 1 amide bonds. The number of carbonyl (C=O) groups is 1. The zero-order chi connectivity index (χ0) is 13.3. The number of carbonyl (C=O) groups excluding carboxylic acids is 1. The molecule has 20 heavy (non-hydrogen) atoms. The minimum atomic E-state index is -0.473. The number of rotatable bonds is 3. The molecule has 1 saturated carbocycles. The van der Waals surface area contributed by atoms with Crippen LogP contribution in [-0.4, -0.2) is 25.0 Å². The van der Waals surface area contributed by atoms with E-state index in [1.807, 2.05) is 6.07 Å². The van der Waals surface area contributed by atoms with Crippen molar-refractivity contribution in [2.24, 2.45) is 0 Å². The Labute approximate surface area is 124 Å². The van der Waals surface area contributed by atoms with Crippen LogP contribution in [0.15, 0.2) is 24.3 Å². The van der Waals surface area contributed by atoms with Gasteiger partial charge in [0, 0.05) is 12.6 Å². The van der Waals surface area contributed by atoms with Gasteiger partial charge in [0.1, 0.15) is 5.82 Å². The molecule has 0 spiro atoms. The van der Waals surface area contributed by atoms with E-state index >= 15 is 0 Å². The lowest BCUT2D eigenvalue weighted by Gasteiger charge is -2.26. The van der Waals surface area contributed by atoms with Crippen LogP contribution in [0.1, 0.15) is 31.2 Å². The molecule has 3 rings (SSSR count). The highest BCUT2D eigenvalue weighted by atomic mass is 35.5. The topological polar surface area (TPSA) is 41.1 Å². The molecule has 2 aliphatic rings. The Kier molecular flexibility index (Phi) is 4.66. The Morgan fingerprint density at radius 2 is 2.20 bits per heavy atom. The molecule has 2 N–H and O–H groups in total. The van der Waals surface area contributed by atoms with Crippen LogP contribution in [0.2, 0.25) is 0 Å². The van der Waals surface area contributed by atoms with Crippen LogP contribution in [0.5, 0.6) is 0 Å². The van der Waals surface area contributed by atoms with Gasteiger partial charge in [0.25, 0.3) is 0 Å². The number of piperidine rings is 1. The molecule has 1 atom stereocenters. The van der Waals surface area contributed by atoms with E-state index in [1.54, 1.807) is 6.07 Å². The minimum absolute atomic E-state index is 0. The van der Waals surface area contributed by atoms with Crippen molar-refractivity contribution in [1.82, 2.24) is 10.6 Å². The van der Waals surface area contributed by atoms with Crippen LogP contribution in [0.25, 0.3) is 0 Å². The lowest BCUT2D eigenvalue weighted by Crippen LogP contribution is -2.48. The molecule has 5 heteroatoms. The smallest absolute Gasteiger partial charge is 0.230 e. The van der Waals surface area contributed by atoms with Crippen molar-refractivity contribution >= 4 is 18.3 Å². The molecule has 2 fully saturated rings. The van der Waals surface area contributed by atoms with Gasteiger partial charge in [-0.05, 0) is 49.9 Å². The summed E-state index contributed by atoms with van der Waals surface area (Å²) >= 11 is 0. The fourth-order valence-electron chi connectivity index (χ4n) is 2.86. The van der Waals surface area contributed by atoms with E-state index in [0.717, 1.165) is 44.3 Å². The first-order chi connectivity index (χ1) is 9.21. The van der Waals surface area contributed by atoms with Gasteiger partial charge in [-0.3, -0.25) is 4.79 Å². The van der Waals surface area contributed by atoms with Crippen molar-refractivity contribution in [3.63, 3.8) is 0 Å². The molecule has 1 aromatic rings. The van der Waals surface area contributed by atoms with Gasteiger partial charge in [-0.15, -0.1) is 12.4 Å². The molecule has 1 saturated heterocycles. The van der Waals surface area contributed by atoms with E-state index in [4.69, 9.17) is 0 Å². The van der Waals surface area contributed by atoms with E-state index in [1.165, 1.54) is 12.1 Å². The molecule has 0 radical (unpaired) electrons. The second-order valence-electron chi connectivity index (χ2n) is 5.61. The van der Waals surface area contributed by atoms with E-state index in [2.05, 4.69) is 10.6 Å². The number of nitrogens with one attached hydrogen (secondary N) is 2. The Bertz CT molecular complexity index is 485. The third-order valence-electron chi connectivity index (χ3n) is 4.19. The molecule has 0 aromatic heterocycles. The minimum Gasteiger partial charge on any atom is -0.351 e. The first-order valence-electron chi connectivity index (χ1n) is 6.98.